The first kappa shape index (κ1) is 15.0. The molecule has 0 radical (unpaired) electrons. The standard InChI is InChI=1S/C16H24FN3/c1-3-8-18-13-14(2)19-9-11-20(12-10-19)16-7-5-4-6-15(16)17/h3-7,14,18H,1,8-13H2,2H3. The number of benzene rings is 1. The van der Waals surface area contributed by atoms with E-state index in [0.717, 1.165) is 45.0 Å². The Kier molecular flexibility index (Phi) is 5.56. The van der Waals surface area contributed by atoms with Crippen LogP contribution in [-0.4, -0.2) is 50.2 Å². The second-order valence-corrected chi connectivity index (χ2v) is 5.27. The maximum atomic E-state index is 13.8. The van der Waals surface area contributed by atoms with Crippen molar-refractivity contribution in [1.82, 2.24) is 10.2 Å². The van der Waals surface area contributed by atoms with Gasteiger partial charge in [-0.3, -0.25) is 4.90 Å². The van der Waals surface area contributed by atoms with Crippen molar-refractivity contribution >= 4 is 5.69 Å². The predicted octanol–water partition coefficient (Wildman–Crippen LogP) is 2.11. The molecule has 1 atom stereocenters. The third kappa shape index (κ3) is 3.81. The summed E-state index contributed by atoms with van der Waals surface area (Å²) in [6.07, 6.45) is 1.88. The van der Waals surface area contributed by atoms with Gasteiger partial charge in [0.05, 0.1) is 5.69 Å². The second-order valence-electron chi connectivity index (χ2n) is 5.27. The van der Waals surface area contributed by atoms with Gasteiger partial charge in [0.2, 0.25) is 0 Å². The average Bonchev–Trinajstić information content (AvgIpc) is 2.48. The Labute approximate surface area is 121 Å². The van der Waals surface area contributed by atoms with E-state index in [4.69, 9.17) is 0 Å². The Hall–Kier alpha value is -1.39. The summed E-state index contributed by atoms with van der Waals surface area (Å²) in [6.45, 7) is 11.5. The predicted molar refractivity (Wildman–Crippen MR) is 82.7 cm³/mol. The number of para-hydroxylation sites is 1. The molecule has 1 aromatic carbocycles. The summed E-state index contributed by atoms with van der Waals surface area (Å²) >= 11 is 0. The molecule has 0 saturated carbocycles. The van der Waals surface area contributed by atoms with Crippen LogP contribution < -0.4 is 10.2 Å². The highest BCUT2D eigenvalue weighted by Crippen LogP contribution is 2.20. The van der Waals surface area contributed by atoms with Gasteiger partial charge in [-0.2, -0.15) is 0 Å². The van der Waals surface area contributed by atoms with Gasteiger partial charge in [-0.15, -0.1) is 6.58 Å². The van der Waals surface area contributed by atoms with Crippen LogP contribution in [0.3, 0.4) is 0 Å². The Morgan fingerprint density at radius 2 is 2.00 bits per heavy atom. The number of nitrogens with zero attached hydrogens (tertiary/aromatic N) is 2. The normalized spacial score (nSPS) is 18.0. The molecule has 20 heavy (non-hydrogen) atoms. The Balaban J connectivity index is 1.83. The van der Waals surface area contributed by atoms with Gasteiger partial charge in [-0.25, -0.2) is 4.39 Å². The molecule has 110 valence electrons. The number of nitrogens with one attached hydrogen (secondary N) is 1. The lowest BCUT2D eigenvalue weighted by molar-refractivity contribution is 0.194. The van der Waals surface area contributed by atoms with E-state index in [1.54, 1.807) is 6.07 Å². The van der Waals surface area contributed by atoms with Gasteiger partial charge in [0, 0.05) is 45.3 Å². The number of piperazine rings is 1. The van der Waals surface area contributed by atoms with Crippen molar-refractivity contribution in [2.45, 2.75) is 13.0 Å². The summed E-state index contributed by atoms with van der Waals surface area (Å²) in [5.74, 6) is -0.123. The van der Waals surface area contributed by atoms with Crippen LogP contribution in [0, 0.1) is 5.82 Å². The molecule has 0 amide bonds. The highest BCUT2D eigenvalue weighted by atomic mass is 19.1. The van der Waals surface area contributed by atoms with Crippen LogP contribution in [0.25, 0.3) is 0 Å². The second kappa shape index (κ2) is 7.41. The van der Waals surface area contributed by atoms with Crippen LogP contribution in [0.15, 0.2) is 36.9 Å². The van der Waals surface area contributed by atoms with Crippen molar-refractivity contribution in [2.24, 2.45) is 0 Å². The number of hydrogen-bond donors (Lipinski definition) is 1. The van der Waals surface area contributed by atoms with E-state index < -0.39 is 0 Å². The van der Waals surface area contributed by atoms with Crippen molar-refractivity contribution < 1.29 is 4.39 Å². The van der Waals surface area contributed by atoms with Crippen molar-refractivity contribution in [3.05, 3.63) is 42.7 Å². The zero-order chi connectivity index (χ0) is 14.4. The topological polar surface area (TPSA) is 18.5 Å². The van der Waals surface area contributed by atoms with E-state index in [0.29, 0.717) is 6.04 Å². The fourth-order valence-electron chi connectivity index (χ4n) is 2.64. The number of hydrogen-bond acceptors (Lipinski definition) is 3. The molecule has 1 saturated heterocycles. The quantitative estimate of drug-likeness (QED) is 0.635. The SMILES string of the molecule is C=CCNCC(C)N1CCN(c2ccccc2F)CC1. The lowest BCUT2D eigenvalue weighted by Crippen LogP contribution is -2.52. The Morgan fingerprint density at radius 3 is 2.65 bits per heavy atom. The minimum absolute atomic E-state index is 0.123. The van der Waals surface area contributed by atoms with E-state index in [2.05, 4.69) is 28.6 Å². The lowest BCUT2D eigenvalue weighted by Gasteiger charge is -2.39. The zero-order valence-electron chi connectivity index (χ0n) is 12.2. The van der Waals surface area contributed by atoms with Crippen molar-refractivity contribution in [3.63, 3.8) is 0 Å². The van der Waals surface area contributed by atoms with Crippen molar-refractivity contribution in [1.29, 1.82) is 0 Å². The third-order valence-electron chi connectivity index (χ3n) is 3.86. The molecule has 1 unspecified atom stereocenters. The fourth-order valence-corrected chi connectivity index (χ4v) is 2.64. The van der Waals surface area contributed by atoms with Crippen LogP contribution in [0.2, 0.25) is 0 Å². The van der Waals surface area contributed by atoms with Gasteiger partial charge in [0.15, 0.2) is 0 Å². The molecular formula is C16H24FN3. The summed E-state index contributed by atoms with van der Waals surface area (Å²) in [5.41, 5.74) is 0.726. The highest BCUT2D eigenvalue weighted by Gasteiger charge is 2.22. The van der Waals surface area contributed by atoms with Crippen LogP contribution in [0.4, 0.5) is 10.1 Å². The van der Waals surface area contributed by atoms with Gasteiger partial charge in [0.1, 0.15) is 5.82 Å². The molecule has 2 rings (SSSR count). The molecule has 0 aromatic heterocycles. The highest BCUT2D eigenvalue weighted by molar-refractivity contribution is 5.47. The zero-order valence-corrected chi connectivity index (χ0v) is 12.2. The van der Waals surface area contributed by atoms with E-state index in [1.807, 2.05) is 18.2 Å². The molecule has 3 nitrogen and oxygen atoms in total. The Morgan fingerprint density at radius 1 is 1.30 bits per heavy atom. The molecule has 1 fully saturated rings. The number of rotatable bonds is 6. The van der Waals surface area contributed by atoms with Crippen LogP contribution in [0.1, 0.15) is 6.92 Å². The molecule has 1 N–H and O–H groups in total. The molecule has 1 aromatic rings. The average molecular weight is 277 g/mol. The number of halogens is 1. The minimum atomic E-state index is -0.123. The first-order valence-electron chi connectivity index (χ1n) is 7.27. The first-order valence-corrected chi connectivity index (χ1v) is 7.27. The fraction of sp³-hybridized carbons (Fsp3) is 0.500. The summed E-state index contributed by atoms with van der Waals surface area (Å²) in [6, 6.07) is 7.52. The molecule has 0 bridgehead atoms. The van der Waals surface area contributed by atoms with Crippen molar-refractivity contribution in [3.8, 4) is 0 Å². The van der Waals surface area contributed by atoms with Gasteiger partial charge in [-0.1, -0.05) is 18.2 Å². The largest absolute Gasteiger partial charge is 0.367 e. The Bertz CT molecular complexity index is 427. The molecule has 1 aliphatic heterocycles. The van der Waals surface area contributed by atoms with Crippen LogP contribution in [0.5, 0.6) is 0 Å². The first-order chi connectivity index (χ1) is 9.72. The molecular weight excluding hydrogens is 253 g/mol. The summed E-state index contributed by atoms with van der Waals surface area (Å²) in [7, 11) is 0. The molecule has 0 spiro atoms. The summed E-state index contributed by atoms with van der Waals surface area (Å²) in [4.78, 5) is 4.59. The van der Waals surface area contributed by atoms with Crippen LogP contribution >= 0.6 is 0 Å². The number of anilines is 1. The maximum absolute atomic E-state index is 13.8. The monoisotopic (exact) mass is 277 g/mol. The smallest absolute Gasteiger partial charge is 0.146 e. The third-order valence-corrected chi connectivity index (χ3v) is 3.86. The molecule has 0 aliphatic carbocycles. The minimum Gasteiger partial charge on any atom is -0.367 e. The van der Waals surface area contributed by atoms with Gasteiger partial charge >= 0.3 is 0 Å². The molecule has 1 aliphatic rings. The van der Waals surface area contributed by atoms with Crippen molar-refractivity contribution in [2.75, 3.05) is 44.2 Å². The maximum Gasteiger partial charge on any atom is 0.146 e. The van der Waals surface area contributed by atoms with Crippen LogP contribution in [-0.2, 0) is 0 Å². The summed E-state index contributed by atoms with van der Waals surface area (Å²) in [5, 5.41) is 3.35. The van der Waals surface area contributed by atoms with Gasteiger partial charge in [0.25, 0.3) is 0 Å². The van der Waals surface area contributed by atoms with Gasteiger partial charge < -0.3 is 10.2 Å². The van der Waals surface area contributed by atoms with E-state index >= 15 is 0 Å². The lowest BCUT2D eigenvalue weighted by atomic mass is 10.2. The van der Waals surface area contributed by atoms with E-state index in [1.165, 1.54) is 6.07 Å². The summed E-state index contributed by atoms with van der Waals surface area (Å²) < 4.78 is 13.8. The molecule has 4 heteroatoms. The molecule has 1 heterocycles. The van der Waals surface area contributed by atoms with E-state index in [9.17, 15) is 4.39 Å². The van der Waals surface area contributed by atoms with Gasteiger partial charge in [-0.05, 0) is 19.1 Å². The van der Waals surface area contributed by atoms with E-state index in [-0.39, 0.29) is 5.82 Å².